The second-order valence-corrected chi connectivity index (χ2v) is 5.36. The van der Waals surface area contributed by atoms with Crippen molar-refractivity contribution in [3.05, 3.63) is 0 Å². The highest BCUT2D eigenvalue weighted by Gasteiger charge is 2.18. The number of rotatable bonds is 10. The molecule has 0 bridgehead atoms. The lowest BCUT2D eigenvalue weighted by molar-refractivity contribution is -0.123. The maximum atomic E-state index is 11.7. The molecule has 18 heavy (non-hydrogen) atoms. The molecule has 4 nitrogen and oxygen atoms in total. The van der Waals surface area contributed by atoms with Crippen molar-refractivity contribution in [2.75, 3.05) is 19.7 Å². The summed E-state index contributed by atoms with van der Waals surface area (Å²) < 4.78 is 5.53. The third-order valence-corrected chi connectivity index (χ3v) is 3.18. The Bertz CT molecular complexity index is 230. The lowest BCUT2D eigenvalue weighted by Crippen LogP contribution is -2.40. The molecule has 0 aromatic rings. The minimum atomic E-state index is -0.286. The number of ether oxygens (including phenoxy) is 1. The summed E-state index contributed by atoms with van der Waals surface area (Å²) in [5, 5.41) is 2.93. The first-order chi connectivity index (χ1) is 8.45. The van der Waals surface area contributed by atoms with Crippen molar-refractivity contribution >= 4 is 5.91 Å². The minimum Gasteiger partial charge on any atom is -0.374 e. The fourth-order valence-electron chi connectivity index (χ4n) is 1.97. The molecule has 0 aliphatic rings. The molecule has 1 atom stereocenters. The predicted molar refractivity (Wildman–Crippen MR) is 75.4 cm³/mol. The number of amides is 1. The summed E-state index contributed by atoms with van der Waals surface area (Å²) in [6.45, 7) is 10.0. The molecule has 1 amide bonds. The standard InChI is InChI=1S/C14H30N2O2/c1-5-12(9-10-15)7-8-13(17)16-11-14(3,4)18-6-2/h12H,5-11,15H2,1-4H3,(H,16,17). The maximum Gasteiger partial charge on any atom is 0.220 e. The fourth-order valence-corrected chi connectivity index (χ4v) is 1.97. The topological polar surface area (TPSA) is 64.3 Å². The zero-order valence-corrected chi connectivity index (χ0v) is 12.4. The van der Waals surface area contributed by atoms with Crippen molar-refractivity contribution in [1.82, 2.24) is 5.32 Å². The molecule has 108 valence electrons. The smallest absolute Gasteiger partial charge is 0.220 e. The molecule has 0 aromatic heterocycles. The Kier molecular flexibility index (Phi) is 9.02. The van der Waals surface area contributed by atoms with Crippen LogP contribution in [0, 0.1) is 5.92 Å². The predicted octanol–water partition coefficient (Wildman–Crippen LogP) is 2.07. The Labute approximate surface area is 112 Å². The van der Waals surface area contributed by atoms with Crippen LogP contribution in [0.4, 0.5) is 0 Å². The van der Waals surface area contributed by atoms with E-state index < -0.39 is 0 Å². The Morgan fingerprint density at radius 1 is 1.33 bits per heavy atom. The number of carbonyl (C=O) groups is 1. The summed E-state index contributed by atoms with van der Waals surface area (Å²) in [7, 11) is 0. The van der Waals surface area contributed by atoms with Crippen LogP contribution in [-0.2, 0) is 9.53 Å². The summed E-state index contributed by atoms with van der Waals surface area (Å²) >= 11 is 0. The van der Waals surface area contributed by atoms with Crippen molar-refractivity contribution in [3.63, 3.8) is 0 Å². The van der Waals surface area contributed by atoms with Gasteiger partial charge in [0.05, 0.1) is 5.60 Å². The average Bonchev–Trinajstić information content (AvgIpc) is 2.32. The molecule has 1 unspecified atom stereocenters. The normalized spacial score (nSPS) is 13.4. The zero-order chi connectivity index (χ0) is 14.0. The third-order valence-electron chi connectivity index (χ3n) is 3.18. The molecule has 3 N–H and O–H groups in total. The number of hydrogen-bond acceptors (Lipinski definition) is 3. The van der Waals surface area contributed by atoms with Gasteiger partial charge in [-0.3, -0.25) is 4.79 Å². The molecule has 0 aliphatic heterocycles. The first-order valence-corrected chi connectivity index (χ1v) is 7.05. The van der Waals surface area contributed by atoms with E-state index in [0.717, 1.165) is 19.3 Å². The second-order valence-electron chi connectivity index (χ2n) is 5.36. The van der Waals surface area contributed by atoms with Crippen LogP contribution in [0.15, 0.2) is 0 Å². The summed E-state index contributed by atoms with van der Waals surface area (Å²) in [4.78, 5) is 11.7. The number of nitrogens with one attached hydrogen (secondary N) is 1. The van der Waals surface area contributed by atoms with E-state index in [4.69, 9.17) is 10.5 Å². The van der Waals surface area contributed by atoms with Gasteiger partial charge in [0.25, 0.3) is 0 Å². The maximum absolute atomic E-state index is 11.7. The summed E-state index contributed by atoms with van der Waals surface area (Å²) in [6.07, 6.45) is 3.61. The van der Waals surface area contributed by atoms with Crippen molar-refractivity contribution < 1.29 is 9.53 Å². The Morgan fingerprint density at radius 3 is 2.50 bits per heavy atom. The first-order valence-electron chi connectivity index (χ1n) is 7.05. The third kappa shape index (κ3) is 8.48. The van der Waals surface area contributed by atoms with Crippen LogP contribution in [0.25, 0.3) is 0 Å². The van der Waals surface area contributed by atoms with Gasteiger partial charge in [0, 0.05) is 19.6 Å². The van der Waals surface area contributed by atoms with E-state index in [1.54, 1.807) is 0 Å². The van der Waals surface area contributed by atoms with Crippen LogP contribution >= 0.6 is 0 Å². The lowest BCUT2D eigenvalue weighted by Gasteiger charge is -2.25. The molecule has 0 aliphatic carbocycles. The van der Waals surface area contributed by atoms with Gasteiger partial charge in [-0.1, -0.05) is 13.3 Å². The van der Waals surface area contributed by atoms with Gasteiger partial charge >= 0.3 is 0 Å². The van der Waals surface area contributed by atoms with Gasteiger partial charge in [0.2, 0.25) is 5.91 Å². The molecular weight excluding hydrogens is 228 g/mol. The van der Waals surface area contributed by atoms with Crippen LogP contribution in [0.3, 0.4) is 0 Å². The summed E-state index contributed by atoms with van der Waals surface area (Å²) in [5.74, 6) is 0.680. The van der Waals surface area contributed by atoms with Gasteiger partial charge in [-0.25, -0.2) is 0 Å². The Balaban J connectivity index is 3.83. The van der Waals surface area contributed by atoms with Crippen LogP contribution < -0.4 is 11.1 Å². The SMILES string of the molecule is CCOC(C)(C)CNC(=O)CCC(CC)CCN. The van der Waals surface area contributed by atoms with Crippen LogP contribution in [-0.4, -0.2) is 31.2 Å². The van der Waals surface area contributed by atoms with Crippen molar-refractivity contribution in [2.45, 2.75) is 59.0 Å². The highest BCUT2D eigenvalue weighted by molar-refractivity contribution is 5.75. The number of nitrogens with two attached hydrogens (primary N) is 1. The quantitative estimate of drug-likeness (QED) is 0.630. The average molecular weight is 258 g/mol. The van der Waals surface area contributed by atoms with E-state index in [0.29, 0.717) is 32.0 Å². The second kappa shape index (κ2) is 9.34. The zero-order valence-electron chi connectivity index (χ0n) is 12.4. The molecule has 4 heteroatoms. The van der Waals surface area contributed by atoms with E-state index in [-0.39, 0.29) is 11.5 Å². The Hall–Kier alpha value is -0.610. The van der Waals surface area contributed by atoms with Crippen LogP contribution in [0.5, 0.6) is 0 Å². The van der Waals surface area contributed by atoms with Gasteiger partial charge in [-0.15, -0.1) is 0 Å². The summed E-state index contributed by atoms with van der Waals surface area (Å²) in [5.41, 5.74) is 5.26. The van der Waals surface area contributed by atoms with E-state index in [1.807, 2.05) is 20.8 Å². The van der Waals surface area contributed by atoms with Crippen LogP contribution in [0.1, 0.15) is 53.4 Å². The van der Waals surface area contributed by atoms with Crippen molar-refractivity contribution in [1.29, 1.82) is 0 Å². The molecule has 0 saturated carbocycles. The van der Waals surface area contributed by atoms with Gasteiger partial charge in [-0.2, -0.15) is 0 Å². The van der Waals surface area contributed by atoms with Crippen LogP contribution in [0.2, 0.25) is 0 Å². The molecule has 0 radical (unpaired) electrons. The molecule has 0 saturated heterocycles. The van der Waals surface area contributed by atoms with Gasteiger partial charge < -0.3 is 15.8 Å². The number of hydrogen-bond donors (Lipinski definition) is 2. The monoisotopic (exact) mass is 258 g/mol. The first kappa shape index (κ1) is 17.4. The fraction of sp³-hybridized carbons (Fsp3) is 0.929. The molecule has 0 aromatic carbocycles. The van der Waals surface area contributed by atoms with E-state index in [1.165, 1.54) is 0 Å². The van der Waals surface area contributed by atoms with Gasteiger partial charge in [0.15, 0.2) is 0 Å². The Morgan fingerprint density at radius 2 is 2.00 bits per heavy atom. The lowest BCUT2D eigenvalue weighted by atomic mass is 9.96. The summed E-state index contributed by atoms with van der Waals surface area (Å²) in [6, 6.07) is 0. The molecular formula is C14H30N2O2. The molecule has 0 rings (SSSR count). The van der Waals surface area contributed by atoms with Crippen molar-refractivity contribution in [2.24, 2.45) is 11.7 Å². The molecule has 0 spiro atoms. The van der Waals surface area contributed by atoms with E-state index in [9.17, 15) is 4.79 Å². The van der Waals surface area contributed by atoms with Gasteiger partial charge in [0.1, 0.15) is 0 Å². The molecule has 0 fully saturated rings. The van der Waals surface area contributed by atoms with Crippen molar-refractivity contribution in [3.8, 4) is 0 Å². The number of carbonyl (C=O) groups excluding carboxylic acids is 1. The minimum absolute atomic E-state index is 0.109. The molecule has 0 heterocycles. The van der Waals surface area contributed by atoms with Gasteiger partial charge in [-0.05, 0) is 46.1 Å². The largest absolute Gasteiger partial charge is 0.374 e. The highest BCUT2D eigenvalue weighted by atomic mass is 16.5. The highest BCUT2D eigenvalue weighted by Crippen LogP contribution is 2.14. The van der Waals surface area contributed by atoms with E-state index in [2.05, 4.69) is 12.2 Å². The van der Waals surface area contributed by atoms with E-state index >= 15 is 0 Å².